The molecule has 2 aromatic rings. The Labute approximate surface area is 184 Å². The smallest absolute Gasteiger partial charge is 0.224 e. The zero-order valence-electron chi connectivity index (χ0n) is 18.0. The van der Waals surface area contributed by atoms with Gasteiger partial charge in [-0.25, -0.2) is 0 Å². The summed E-state index contributed by atoms with van der Waals surface area (Å²) in [5, 5.41) is 0. The monoisotopic (exact) mass is 414 g/mol. The number of carbonyl (C=O) groups excluding carboxylic acids is 2. The Morgan fingerprint density at radius 1 is 0.774 bits per heavy atom. The van der Waals surface area contributed by atoms with Crippen LogP contribution in [0.3, 0.4) is 0 Å². The van der Waals surface area contributed by atoms with Crippen LogP contribution in [0.25, 0.3) is 12.2 Å². The largest absolute Gasteiger partial charge is 0.334 e. The van der Waals surface area contributed by atoms with Gasteiger partial charge in [-0.3, -0.25) is 9.59 Å². The highest BCUT2D eigenvalue weighted by atomic mass is 16.2. The van der Waals surface area contributed by atoms with Gasteiger partial charge in [0.05, 0.1) is 0 Å². The molecule has 2 fully saturated rings. The Kier molecular flexibility index (Phi) is 7.11. The fraction of sp³-hybridized carbons (Fsp3) is 0.333. The summed E-state index contributed by atoms with van der Waals surface area (Å²) in [7, 11) is 0. The summed E-state index contributed by atoms with van der Waals surface area (Å²) in [6.45, 7) is 3.73. The van der Waals surface area contributed by atoms with Gasteiger partial charge in [-0.05, 0) is 49.2 Å². The molecule has 2 heterocycles. The van der Waals surface area contributed by atoms with Gasteiger partial charge in [0.1, 0.15) is 0 Å². The molecule has 0 spiro atoms. The lowest BCUT2D eigenvalue weighted by Crippen LogP contribution is -2.43. The summed E-state index contributed by atoms with van der Waals surface area (Å²) in [5.74, 6) is 0.156. The SMILES string of the molecule is O=C1/C(=C\c2ccccc2)CN(C(=O)CCN2CCCCC2)C/C1=C/c1ccccc1. The second-order valence-electron chi connectivity index (χ2n) is 8.39. The van der Waals surface area contributed by atoms with Gasteiger partial charge in [0.15, 0.2) is 5.78 Å². The van der Waals surface area contributed by atoms with E-state index >= 15 is 0 Å². The third-order valence-electron chi connectivity index (χ3n) is 6.03. The number of Topliss-reactive ketones (excluding diaryl/α,β-unsaturated/α-hetero) is 1. The number of nitrogens with zero attached hydrogens (tertiary/aromatic N) is 2. The number of carbonyl (C=O) groups is 2. The number of benzene rings is 2. The molecule has 2 aliphatic rings. The third-order valence-corrected chi connectivity index (χ3v) is 6.03. The third kappa shape index (κ3) is 5.80. The minimum atomic E-state index is 0.0350. The molecule has 0 unspecified atom stereocenters. The molecule has 0 aromatic heterocycles. The first-order chi connectivity index (χ1) is 15.2. The molecule has 2 aliphatic heterocycles. The van der Waals surface area contributed by atoms with E-state index in [-0.39, 0.29) is 11.7 Å². The molecule has 2 saturated heterocycles. The van der Waals surface area contributed by atoms with Crippen molar-refractivity contribution in [1.29, 1.82) is 0 Å². The van der Waals surface area contributed by atoms with Crippen LogP contribution >= 0.6 is 0 Å². The maximum absolute atomic E-state index is 13.2. The lowest BCUT2D eigenvalue weighted by atomic mass is 9.94. The number of piperidine rings is 2. The molecular weight excluding hydrogens is 384 g/mol. The average Bonchev–Trinajstić information content (AvgIpc) is 2.82. The van der Waals surface area contributed by atoms with Crippen molar-refractivity contribution in [3.63, 3.8) is 0 Å². The summed E-state index contributed by atoms with van der Waals surface area (Å²) in [6.07, 6.45) is 8.09. The van der Waals surface area contributed by atoms with Gasteiger partial charge in [0.2, 0.25) is 5.91 Å². The minimum absolute atomic E-state index is 0.0350. The van der Waals surface area contributed by atoms with Crippen LogP contribution in [0.2, 0.25) is 0 Å². The van der Waals surface area contributed by atoms with Gasteiger partial charge in [0.25, 0.3) is 0 Å². The Hall–Kier alpha value is -2.98. The number of likely N-dealkylation sites (tertiary alicyclic amines) is 2. The van der Waals surface area contributed by atoms with Crippen molar-refractivity contribution in [3.8, 4) is 0 Å². The van der Waals surface area contributed by atoms with E-state index in [0.717, 1.165) is 30.8 Å². The summed E-state index contributed by atoms with van der Waals surface area (Å²) in [6, 6.07) is 19.7. The summed E-state index contributed by atoms with van der Waals surface area (Å²) < 4.78 is 0. The van der Waals surface area contributed by atoms with Crippen LogP contribution in [-0.2, 0) is 9.59 Å². The van der Waals surface area contributed by atoms with Gasteiger partial charge >= 0.3 is 0 Å². The van der Waals surface area contributed by atoms with Crippen LogP contribution < -0.4 is 0 Å². The zero-order chi connectivity index (χ0) is 21.5. The Balaban J connectivity index is 1.54. The van der Waals surface area contributed by atoms with Crippen LogP contribution in [0.15, 0.2) is 71.8 Å². The van der Waals surface area contributed by atoms with Crippen molar-refractivity contribution >= 4 is 23.8 Å². The van der Waals surface area contributed by atoms with E-state index in [1.165, 1.54) is 19.3 Å². The lowest BCUT2D eigenvalue weighted by molar-refractivity contribution is -0.131. The molecule has 0 N–H and O–H groups in total. The van der Waals surface area contributed by atoms with Crippen LogP contribution in [-0.4, -0.2) is 54.2 Å². The van der Waals surface area contributed by atoms with E-state index in [4.69, 9.17) is 0 Å². The van der Waals surface area contributed by atoms with E-state index in [9.17, 15) is 9.59 Å². The summed E-state index contributed by atoms with van der Waals surface area (Å²) >= 11 is 0. The fourth-order valence-corrected chi connectivity index (χ4v) is 4.31. The average molecular weight is 415 g/mol. The number of hydrogen-bond donors (Lipinski definition) is 0. The maximum atomic E-state index is 13.2. The van der Waals surface area contributed by atoms with E-state index < -0.39 is 0 Å². The standard InChI is InChI=1S/C27H30N2O2/c30-26(14-17-28-15-8-3-9-16-28)29-20-24(18-22-10-4-1-5-11-22)27(31)25(21-29)19-23-12-6-2-7-13-23/h1-2,4-7,10-13,18-19H,3,8-9,14-17,20-21H2/b24-18-,25-19-. The second kappa shape index (κ2) is 10.4. The van der Waals surface area contributed by atoms with E-state index in [1.807, 2.05) is 77.7 Å². The van der Waals surface area contributed by atoms with Crippen molar-refractivity contribution in [2.24, 2.45) is 0 Å². The lowest BCUT2D eigenvalue weighted by Gasteiger charge is -2.31. The van der Waals surface area contributed by atoms with Gasteiger partial charge in [-0.2, -0.15) is 0 Å². The number of rotatable bonds is 5. The van der Waals surface area contributed by atoms with Gasteiger partial charge < -0.3 is 9.80 Å². The predicted molar refractivity (Wildman–Crippen MR) is 125 cm³/mol. The normalized spacial score (nSPS) is 20.4. The Morgan fingerprint density at radius 2 is 1.29 bits per heavy atom. The van der Waals surface area contributed by atoms with Crippen molar-refractivity contribution < 1.29 is 9.59 Å². The molecule has 4 heteroatoms. The maximum Gasteiger partial charge on any atom is 0.224 e. The number of ketones is 1. The molecule has 4 rings (SSSR count). The molecule has 0 saturated carbocycles. The molecule has 31 heavy (non-hydrogen) atoms. The highest BCUT2D eigenvalue weighted by Crippen LogP contribution is 2.23. The van der Waals surface area contributed by atoms with E-state index in [2.05, 4.69) is 4.90 Å². The number of amides is 1. The van der Waals surface area contributed by atoms with Crippen molar-refractivity contribution in [2.75, 3.05) is 32.7 Å². The minimum Gasteiger partial charge on any atom is -0.334 e. The van der Waals surface area contributed by atoms with Crippen molar-refractivity contribution in [2.45, 2.75) is 25.7 Å². The molecule has 1 amide bonds. The molecule has 0 aliphatic carbocycles. The topological polar surface area (TPSA) is 40.6 Å². The molecule has 2 aromatic carbocycles. The first-order valence-corrected chi connectivity index (χ1v) is 11.2. The van der Waals surface area contributed by atoms with Crippen LogP contribution in [0.1, 0.15) is 36.8 Å². The highest BCUT2D eigenvalue weighted by molar-refractivity contribution is 6.15. The summed E-state index contributed by atoms with van der Waals surface area (Å²) in [4.78, 5) is 30.5. The Bertz CT molecular complexity index is 896. The first-order valence-electron chi connectivity index (χ1n) is 11.2. The second-order valence-corrected chi connectivity index (χ2v) is 8.39. The van der Waals surface area contributed by atoms with Gasteiger partial charge in [-0.1, -0.05) is 67.1 Å². The molecule has 0 atom stereocenters. The quantitative estimate of drug-likeness (QED) is 0.679. The van der Waals surface area contributed by atoms with E-state index in [1.54, 1.807) is 0 Å². The zero-order valence-corrected chi connectivity index (χ0v) is 18.0. The fourth-order valence-electron chi connectivity index (χ4n) is 4.31. The van der Waals surface area contributed by atoms with Crippen molar-refractivity contribution in [3.05, 3.63) is 82.9 Å². The van der Waals surface area contributed by atoms with E-state index in [0.29, 0.717) is 30.7 Å². The van der Waals surface area contributed by atoms with Gasteiger partial charge in [0, 0.05) is 37.2 Å². The molecule has 0 radical (unpaired) electrons. The molecule has 160 valence electrons. The molecule has 0 bridgehead atoms. The predicted octanol–water partition coefficient (Wildman–Crippen LogP) is 4.44. The highest BCUT2D eigenvalue weighted by Gasteiger charge is 2.29. The Morgan fingerprint density at radius 3 is 1.81 bits per heavy atom. The van der Waals surface area contributed by atoms with Crippen molar-refractivity contribution in [1.82, 2.24) is 9.80 Å². The van der Waals surface area contributed by atoms with Crippen LogP contribution in [0, 0.1) is 0 Å². The van der Waals surface area contributed by atoms with Crippen LogP contribution in [0.4, 0.5) is 0 Å². The first kappa shape index (κ1) is 21.3. The summed E-state index contributed by atoms with van der Waals surface area (Å²) in [5.41, 5.74) is 3.30. The number of hydrogen-bond acceptors (Lipinski definition) is 3. The van der Waals surface area contributed by atoms with Gasteiger partial charge in [-0.15, -0.1) is 0 Å². The van der Waals surface area contributed by atoms with Crippen LogP contribution in [0.5, 0.6) is 0 Å². The molecule has 4 nitrogen and oxygen atoms in total. The molecular formula is C27H30N2O2.